The first-order valence-electron chi connectivity index (χ1n) is 7.58. The highest BCUT2D eigenvalue weighted by Crippen LogP contribution is 2.33. The van der Waals surface area contributed by atoms with E-state index in [-0.39, 0.29) is 17.9 Å². The Morgan fingerprint density at radius 3 is 2.71 bits per heavy atom. The van der Waals surface area contributed by atoms with Crippen LogP contribution in [0.15, 0.2) is 0 Å². The fourth-order valence-corrected chi connectivity index (χ4v) is 3.86. The van der Waals surface area contributed by atoms with Crippen LogP contribution < -0.4 is 0 Å². The van der Waals surface area contributed by atoms with E-state index in [0.29, 0.717) is 23.8 Å². The second-order valence-corrected chi connectivity index (χ2v) is 6.39. The van der Waals surface area contributed by atoms with Gasteiger partial charge < -0.3 is 9.47 Å². The summed E-state index contributed by atoms with van der Waals surface area (Å²) < 4.78 is 15.0. The van der Waals surface area contributed by atoms with Crippen molar-refractivity contribution in [2.24, 2.45) is 0 Å². The van der Waals surface area contributed by atoms with Gasteiger partial charge in [-0.15, -0.1) is 0 Å². The van der Waals surface area contributed by atoms with Crippen molar-refractivity contribution in [3.05, 3.63) is 4.77 Å². The molecular weight excluding hydrogens is 292 g/mol. The number of ether oxygens (including phenoxy) is 2. The topological polar surface area (TPSA) is 71.2 Å². The molecule has 0 aromatic carbocycles. The molecule has 3 atom stereocenters. The summed E-state index contributed by atoms with van der Waals surface area (Å²) in [6, 6.07) is 0.147. The minimum absolute atomic E-state index is 0.0390. The summed E-state index contributed by atoms with van der Waals surface area (Å²) >= 11 is 5.53. The van der Waals surface area contributed by atoms with Gasteiger partial charge in [-0.2, -0.15) is 0 Å². The highest BCUT2D eigenvalue weighted by molar-refractivity contribution is 7.71. The Kier molecular flexibility index (Phi) is 3.39. The predicted molar refractivity (Wildman–Crippen MR) is 74.2 cm³/mol. The normalized spacial score (nSPS) is 33.5. The maximum atomic E-state index is 11.9. The molecule has 21 heavy (non-hydrogen) atoms. The lowest BCUT2D eigenvalue weighted by molar-refractivity contribution is -0.156. The van der Waals surface area contributed by atoms with Crippen molar-refractivity contribution in [1.82, 2.24) is 19.8 Å². The first kappa shape index (κ1) is 13.5. The molecule has 2 aliphatic heterocycles. The van der Waals surface area contributed by atoms with Crippen molar-refractivity contribution in [1.29, 1.82) is 0 Å². The van der Waals surface area contributed by atoms with Gasteiger partial charge in [-0.25, -0.2) is 9.36 Å². The van der Waals surface area contributed by atoms with E-state index in [0.717, 1.165) is 12.8 Å². The molecule has 2 bridgehead atoms. The van der Waals surface area contributed by atoms with Crippen LogP contribution in [0.1, 0.15) is 50.6 Å². The van der Waals surface area contributed by atoms with Gasteiger partial charge in [0.25, 0.3) is 0 Å². The minimum atomic E-state index is -0.686. The van der Waals surface area contributed by atoms with Crippen LogP contribution in [0.2, 0.25) is 0 Å². The van der Waals surface area contributed by atoms with E-state index in [1.165, 1.54) is 19.3 Å². The van der Waals surface area contributed by atoms with E-state index in [2.05, 4.69) is 10.4 Å². The molecule has 1 saturated carbocycles. The Hall–Kier alpha value is -1.12. The van der Waals surface area contributed by atoms with Crippen LogP contribution in [-0.4, -0.2) is 44.6 Å². The van der Waals surface area contributed by atoms with Crippen LogP contribution in [0.3, 0.4) is 0 Å². The van der Waals surface area contributed by atoms with Crippen LogP contribution in [0, 0.1) is 4.77 Å². The number of carbonyl (C=O) groups excluding carboxylic acids is 1. The highest BCUT2D eigenvalue weighted by atomic mass is 32.1. The number of ketones is 1. The van der Waals surface area contributed by atoms with E-state index in [1.807, 2.05) is 4.68 Å². The molecule has 1 aromatic rings. The second-order valence-electron chi connectivity index (χ2n) is 6.02. The number of carbonyl (C=O) groups is 1. The van der Waals surface area contributed by atoms with Crippen molar-refractivity contribution < 1.29 is 14.3 Å². The molecule has 0 radical (unpaired) electrons. The number of aromatic nitrogens is 4. The van der Waals surface area contributed by atoms with Gasteiger partial charge in [0.15, 0.2) is 5.78 Å². The van der Waals surface area contributed by atoms with E-state index < -0.39 is 6.29 Å². The van der Waals surface area contributed by atoms with Crippen LogP contribution in [0.25, 0.3) is 0 Å². The van der Waals surface area contributed by atoms with Gasteiger partial charge in [-0.05, 0) is 35.5 Å². The summed E-state index contributed by atoms with van der Waals surface area (Å²) in [4.78, 5) is 11.9. The number of fused-ring (bicyclic) bond motifs is 2. The molecule has 2 saturated heterocycles. The van der Waals surface area contributed by atoms with Crippen LogP contribution in [0.4, 0.5) is 0 Å². The third kappa shape index (κ3) is 2.25. The monoisotopic (exact) mass is 310 g/mol. The van der Waals surface area contributed by atoms with Gasteiger partial charge in [0.2, 0.25) is 11.1 Å². The zero-order valence-corrected chi connectivity index (χ0v) is 12.5. The maximum absolute atomic E-state index is 11.9. The molecule has 0 amide bonds. The number of tetrazole rings is 1. The fourth-order valence-electron chi connectivity index (χ4n) is 3.50. The number of hydrogen-bond acceptors (Lipinski definition) is 6. The molecule has 3 aliphatic rings. The maximum Gasteiger partial charge on any atom is 0.218 e. The molecule has 114 valence electrons. The van der Waals surface area contributed by atoms with Crippen LogP contribution in [0.5, 0.6) is 0 Å². The molecule has 1 aliphatic carbocycles. The first-order chi connectivity index (χ1) is 10.2. The molecule has 1 aromatic heterocycles. The van der Waals surface area contributed by atoms with E-state index >= 15 is 0 Å². The SMILES string of the molecule is O=C1C[C@@H](n2nnn(C3CCCCC3)c2=S)[C@H]2CO[C@H]1O2. The van der Waals surface area contributed by atoms with Gasteiger partial charge in [0.05, 0.1) is 18.7 Å². The second kappa shape index (κ2) is 5.26. The number of hydrogen-bond donors (Lipinski definition) is 0. The predicted octanol–water partition coefficient (Wildman–Crippen LogP) is 1.57. The smallest absolute Gasteiger partial charge is 0.218 e. The van der Waals surface area contributed by atoms with Crippen LogP contribution >= 0.6 is 12.2 Å². The van der Waals surface area contributed by atoms with Crippen molar-refractivity contribution in [3.8, 4) is 0 Å². The summed E-state index contributed by atoms with van der Waals surface area (Å²) in [6.07, 6.45) is 5.41. The van der Waals surface area contributed by atoms with Gasteiger partial charge in [0.1, 0.15) is 6.10 Å². The van der Waals surface area contributed by atoms with Gasteiger partial charge in [-0.1, -0.05) is 19.3 Å². The summed E-state index contributed by atoms with van der Waals surface area (Å²) in [6.45, 7) is 0.416. The summed E-state index contributed by atoms with van der Waals surface area (Å²) in [5.41, 5.74) is 0. The summed E-state index contributed by atoms with van der Waals surface area (Å²) in [5.74, 6) is -0.0390. The Labute approximate surface area is 127 Å². The number of Topliss-reactive ketones (excluding diaryl/α,β-unsaturated/α-hetero) is 1. The average molecular weight is 310 g/mol. The molecule has 0 spiro atoms. The van der Waals surface area contributed by atoms with E-state index in [1.54, 1.807) is 4.68 Å². The lowest BCUT2D eigenvalue weighted by atomic mass is 9.96. The first-order valence-corrected chi connectivity index (χ1v) is 7.98. The third-order valence-corrected chi connectivity index (χ3v) is 5.05. The Bertz CT molecular complexity index is 607. The summed E-state index contributed by atoms with van der Waals surface area (Å²) in [5, 5.41) is 8.44. The van der Waals surface area contributed by atoms with Crippen LogP contribution in [-0.2, 0) is 14.3 Å². The summed E-state index contributed by atoms with van der Waals surface area (Å²) in [7, 11) is 0. The van der Waals surface area contributed by atoms with Crippen molar-refractivity contribution in [2.75, 3.05) is 6.61 Å². The molecule has 3 fully saturated rings. The van der Waals surface area contributed by atoms with Crippen molar-refractivity contribution >= 4 is 18.0 Å². The van der Waals surface area contributed by atoms with Gasteiger partial charge >= 0.3 is 0 Å². The zero-order valence-electron chi connectivity index (χ0n) is 11.7. The largest absolute Gasteiger partial charge is 0.343 e. The zero-order chi connectivity index (χ0) is 14.4. The molecule has 0 unspecified atom stereocenters. The number of nitrogens with zero attached hydrogens (tertiary/aromatic N) is 4. The van der Waals surface area contributed by atoms with E-state index in [9.17, 15) is 4.79 Å². The quantitative estimate of drug-likeness (QED) is 0.772. The van der Waals surface area contributed by atoms with Crippen molar-refractivity contribution in [3.63, 3.8) is 0 Å². The van der Waals surface area contributed by atoms with E-state index in [4.69, 9.17) is 21.7 Å². The average Bonchev–Trinajstić information content (AvgIpc) is 3.10. The Morgan fingerprint density at radius 1 is 1.14 bits per heavy atom. The number of rotatable bonds is 2. The molecular formula is C13H18N4O3S. The minimum Gasteiger partial charge on any atom is -0.343 e. The Balaban J connectivity index is 1.62. The molecule has 0 N–H and O–H groups in total. The third-order valence-electron chi connectivity index (χ3n) is 4.67. The standard InChI is InChI=1S/C13H18N4O3S/c18-10-6-9(11-7-19-12(10)20-11)17-13(21)16(14-15-17)8-4-2-1-3-5-8/h8-9,11-12H,1-7H2/t9-,11-,12+/m1/s1. The van der Waals surface area contributed by atoms with Gasteiger partial charge in [-0.3, -0.25) is 4.79 Å². The lowest BCUT2D eigenvalue weighted by Gasteiger charge is -2.26. The molecule has 4 rings (SSSR count). The Morgan fingerprint density at radius 2 is 1.90 bits per heavy atom. The molecule has 7 nitrogen and oxygen atoms in total. The highest BCUT2D eigenvalue weighted by Gasteiger charge is 2.45. The molecule has 3 heterocycles. The fraction of sp³-hybridized carbons (Fsp3) is 0.846. The van der Waals surface area contributed by atoms with Crippen molar-refractivity contribution in [2.45, 2.75) is 63.0 Å². The molecule has 8 heteroatoms. The lowest BCUT2D eigenvalue weighted by Crippen LogP contribution is -2.37. The van der Waals surface area contributed by atoms with Gasteiger partial charge in [0, 0.05) is 6.42 Å².